The molecule has 0 bridgehead atoms. The van der Waals surface area contributed by atoms with Crippen molar-refractivity contribution in [2.45, 2.75) is 66.4 Å². The van der Waals surface area contributed by atoms with Crippen molar-refractivity contribution in [1.29, 1.82) is 0 Å². The summed E-state index contributed by atoms with van der Waals surface area (Å²) >= 11 is 0. The minimum Gasteiger partial charge on any atom is -0.481 e. The molecule has 0 fully saturated rings. The molecule has 0 heterocycles. The molecule has 0 radical (unpaired) electrons. The molecule has 0 aromatic rings. The first-order chi connectivity index (χ1) is 9.14. The van der Waals surface area contributed by atoms with E-state index in [-0.39, 0.29) is 6.54 Å². The Labute approximate surface area is 121 Å². The lowest BCUT2D eigenvalue weighted by Crippen LogP contribution is -2.30. The second-order valence-electron chi connectivity index (χ2n) is 4.94. The van der Waals surface area contributed by atoms with Crippen LogP contribution in [0.15, 0.2) is 0 Å². The molecule has 0 aromatic carbocycles. The second-order valence-corrected chi connectivity index (χ2v) is 4.94. The van der Waals surface area contributed by atoms with Gasteiger partial charge in [-0.2, -0.15) is 0 Å². The molecule has 6 nitrogen and oxygen atoms in total. The van der Waals surface area contributed by atoms with E-state index < -0.39 is 17.5 Å². The number of carbonyl (C=O) groups is 3. The first-order valence-corrected chi connectivity index (χ1v) is 6.75. The Hall–Kier alpha value is -1.59. The molecule has 0 spiro atoms. The molecule has 120 valence electrons. The lowest BCUT2D eigenvalue weighted by Gasteiger charge is -2.18. The van der Waals surface area contributed by atoms with Crippen LogP contribution in [0.5, 0.6) is 0 Å². The van der Waals surface area contributed by atoms with E-state index in [0.717, 1.165) is 6.42 Å². The summed E-state index contributed by atoms with van der Waals surface area (Å²) in [6, 6.07) is 0. The highest BCUT2D eigenvalue weighted by Gasteiger charge is 2.15. The van der Waals surface area contributed by atoms with Crippen LogP contribution in [0.4, 0.5) is 0 Å². The first kappa shape index (κ1) is 23.5. The summed E-state index contributed by atoms with van der Waals surface area (Å²) in [4.78, 5) is 30.1. The predicted molar refractivity (Wildman–Crippen MR) is 78.4 cm³/mol. The third kappa shape index (κ3) is 36.0. The van der Waals surface area contributed by atoms with Crippen molar-refractivity contribution in [2.75, 3.05) is 6.54 Å². The molecule has 2 N–H and O–H groups in total. The van der Waals surface area contributed by atoms with E-state index in [9.17, 15) is 14.4 Å². The predicted octanol–water partition coefficient (Wildman–Crippen LogP) is 2.36. The van der Waals surface area contributed by atoms with Gasteiger partial charge in [0.15, 0.2) is 0 Å². The molecule has 0 aliphatic carbocycles. The van der Waals surface area contributed by atoms with Gasteiger partial charge in [0.2, 0.25) is 6.41 Å². The summed E-state index contributed by atoms with van der Waals surface area (Å²) in [6.45, 7) is 11.3. The number of rotatable bonds is 5. The molecule has 0 unspecified atom stereocenters. The average molecular weight is 291 g/mol. The van der Waals surface area contributed by atoms with Gasteiger partial charge in [-0.15, -0.1) is 0 Å². The van der Waals surface area contributed by atoms with Crippen LogP contribution in [0, 0.1) is 0 Å². The van der Waals surface area contributed by atoms with Gasteiger partial charge in [0, 0.05) is 6.42 Å². The number of hydrogen-bond acceptors (Lipinski definition) is 4. The fourth-order valence-corrected chi connectivity index (χ4v) is 0.716. The van der Waals surface area contributed by atoms with Gasteiger partial charge in [0.05, 0.1) is 0 Å². The zero-order valence-corrected chi connectivity index (χ0v) is 13.5. The molecular formula is C14H29NO5. The fourth-order valence-electron chi connectivity index (χ4n) is 0.716. The van der Waals surface area contributed by atoms with Crippen LogP contribution in [0.1, 0.15) is 60.8 Å². The largest absolute Gasteiger partial charge is 0.481 e. The van der Waals surface area contributed by atoms with E-state index in [1.165, 1.54) is 6.42 Å². The maximum absolute atomic E-state index is 10.8. The highest BCUT2D eigenvalue weighted by molar-refractivity contribution is 5.74. The van der Waals surface area contributed by atoms with Crippen molar-refractivity contribution in [3.8, 4) is 0 Å². The number of aliphatic carboxylic acids is 1. The fraction of sp³-hybridized carbons (Fsp3) is 0.786. The Morgan fingerprint density at radius 1 is 1.20 bits per heavy atom. The zero-order chi connectivity index (χ0) is 16.6. The third-order valence-electron chi connectivity index (χ3n) is 1.21. The highest BCUT2D eigenvalue weighted by Crippen LogP contribution is 2.05. The Balaban J connectivity index is -0.000000270. The maximum atomic E-state index is 10.8. The highest BCUT2D eigenvalue weighted by atomic mass is 16.6. The van der Waals surface area contributed by atoms with E-state index in [1.807, 2.05) is 6.92 Å². The maximum Gasteiger partial charge on any atom is 0.325 e. The molecule has 0 saturated heterocycles. The summed E-state index contributed by atoms with van der Waals surface area (Å²) in [5.41, 5.74) is -0.484. The monoisotopic (exact) mass is 291 g/mol. The quantitative estimate of drug-likeness (QED) is 0.599. The molecule has 0 aliphatic rings. The molecule has 0 aliphatic heterocycles. The van der Waals surface area contributed by atoms with Crippen molar-refractivity contribution in [2.24, 2.45) is 0 Å². The van der Waals surface area contributed by atoms with Crippen molar-refractivity contribution in [3.63, 3.8) is 0 Å². The SMILES string of the molecule is CC(C)(C)OC(=O)CNC=O.CCC.CCCC(=O)O. The van der Waals surface area contributed by atoms with E-state index in [1.54, 1.807) is 20.8 Å². The molecular weight excluding hydrogens is 262 g/mol. The number of carbonyl (C=O) groups excluding carboxylic acids is 2. The van der Waals surface area contributed by atoms with Gasteiger partial charge in [0.25, 0.3) is 0 Å². The number of carboxylic acids is 1. The standard InChI is InChI=1S/C7H13NO3.C4H8O2.C3H8/c1-7(2,3)11-6(10)4-8-5-9;1-2-3-4(5)6;1-3-2/h5H,4H2,1-3H3,(H,8,9);2-3H2,1H3,(H,5,6);3H2,1-2H3. The number of esters is 1. The lowest BCUT2D eigenvalue weighted by molar-refractivity contribution is -0.154. The van der Waals surface area contributed by atoms with Crippen molar-refractivity contribution < 1.29 is 24.2 Å². The molecule has 0 aromatic heterocycles. The number of hydrogen-bond donors (Lipinski definition) is 2. The summed E-state index contributed by atoms with van der Waals surface area (Å²) < 4.78 is 4.88. The minimum atomic E-state index is -0.711. The van der Waals surface area contributed by atoms with Crippen molar-refractivity contribution >= 4 is 18.3 Å². The van der Waals surface area contributed by atoms with Crippen LogP contribution in [0.25, 0.3) is 0 Å². The van der Waals surface area contributed by atoms with E-state index in [0.29, 0.717) is 12.8 Å². The van der Waals surface area contributed by atoms with E-state index >= 15 is 0 Å². The molecule has 1 amide bonds. The number of nitrogens with one attached hydrogen (secondary N) is 1. The Kier molecular flexibility index (Phi) is 18.2. The van der Waals surface area contributed by atoms with Crippen LogP contribution >= 0.6 is 0 Å². The molecule has 0 atom stereocenters. The molecule has 0 rings (SSSR count). The van der Waals surface area contributed by atoms with Crippen LogP contribution in [0.3, 0.4) is 0 Å². The first-order valence-electron chi connectivity index (χ1n) is 6.75. The summed E-state index contributed by atoms with van der Waals surface area (Å²) in [7, 11) is 0. The smallest absolute Gasteiger partial charge is 0.325 e. The van der Waals surface area contributed by atoms with Crippen LogP contribution in [-0.4, -0.2) is 35.6 Å². The van der Waals surface area contributed by atoms with Crippen LogP contribution < -0.4 is 5.32 Å². The van der Waals surface area contributed by atoms with Crippen molar-refractivity contribution in [3.05, 3.63) is 0 Å². The van der Waals surface area contributed by atoms with Crippen molar-refractivity contribution in [1.82, 2.24) is 5.32 Å². The van der Waals surface area contributed by atoms with Gasteiger partial charge in [0.1, 0.15) is 12.1 Å². The van der Waals surface area contributed by atoms with Gasteiger partial charge in [-0.25, -0.2) is 0 Å². The van der Waals surface area contributed by atoms with Gasteiger partial charge in [-0.3, -0.25) is 14.4 Å². The Morgan fingerprint density at radius 3 is 1.85 bits per heavy atom. The van der Waals surface area contributed by atoms with Gasteiger partial charge in [-0.1, -0.05) is 27.2 Å². The zero-order valence-electron chi connectivity index (χ0n) is 13.5. The summed E-state index contributed by atoms with van der Waals surface area (Å²) in [5.74, 6) is -1.14. The third-order valence-corrected chi connectivity index (χ3v) is 1.21. The average Bonchev–Trinajstić information content (AvgIpc) is 2.25. The Bertz CT molecular complexity index is 259. The minimum absolute atomic E-state index is 0.0687. The topological polar surface area (TPSA) is 92.7 Å². The Morgan fingerprint density at radius 2 is 1.65 bits per heavy atom. The van der Waals surface area contributed by atoms with E-state index in [2.05, 4.69) is 19.2 Å². The molecule has 20 heavy (non-hydrogen) atoms. The van der Waals surface area contributed by atoms with Crippen LogP contribution in [-0.2, 0) is 19.1 Å². The second kappa shape index (κ2) is 15.5. The van der Waals surface area contributed by atoms with E-state index in [4.69, 9.17) is 9.84 Å². The van der Waals surface area contributed by atoms with Gasteiger partial charge < -0.3 is 15.2 Å². The van der Waals surface area contributed by atoms with Gasteiger partial charge in [-0.05, 0) is 27.2 Å². The normalized spacial score (nSPS) is 9.10. The number of carboxylic acid groups (broad SMARTS) is 1. The number of amides is 1. The summed E-state index contributed by atoms with van der Waals surface area (Å²) in [5, 5.41) is 10.1. The molecule has 6 heteroatoms. The lowest BCUT2D eigenvalue weighted by atomic mass is 10.2. The van der Waals surface area contributed by atoms with Gasteiger partial charge >= 0.3 is 11.9 Å². The van der Waals surface area contributed by atoms with Crippen LogP contribution in [0.2, 0.25) is 0 Å². The number of ether oxygens (including phenoxy) is 1. The summed E-state index contributed by atoms with van der Waals surface area (Å²) in [6.07, 6.45) is 2.74. The molecule has 0 saturated carbocycles.